The molecule has 3 rings (SSSR count). The number of nitrogens with zero attached hydrogens (tertiary/aromatic N) is 2. The molecule has 1 amide bonds. The molecule has 1 unspecified atom stereocenters. The van der Waals surface area contributed by atoms with Crippen LogP contribution in [0.25, 0.3) is 0 Å². The Labute approximate surface area is 128 Å². The minimum Gasteiger partial charge on any atom is -0.381 e. The summed E-state index contributed by atoms with van der Waals surface area (Å²) in [5, 5.41) is 6.78. The van der Waals surface area contributed by atoms with E-state index in [1.165, 1.54) is 6.20 Å². The second-order valence-electron chi connectivity index (χ2n) is 5.48. The van der Waals surface area contributed by atoms with Gasteiger partial charge in [-0.3, -0.25) is 9.78 Å². The molecule has 3 heterocycles. The SMILES string of the molecule is Cc1oncc1C(=O)NC(c1cccnc1)C1CCOCC1. The maximum absolute atomic E-state index is 12.5. The highest BCUT2D eigenvalue weighted by molar-refractivity contribution is 5.95. The van der Waals surface area contributed by atoms with Gasteiger partial charge in [-0.25, -0.2) is 0 Å². The van der Waals surface area contributed by atoms with Crippen LogP contribution in [0, 0.1) is 12.8 Å². The third-order valence-electron chi connectivity index (χ3n) is 4.06. The molecule has 0 radical (unpaired) electrons. The van der Waals surface area contributed by atoms with Crippen molar-refractivity contribution in [2.24, 2.45) is 5.92 Å². The lowest BCUT2D eigenvalue weighted by molar-refractivity contribution is 0.0513. The summed E-state index contributed by atoms with van der Waals surface area (Å²) in [5.74, 6) is 0.690. The normalized spacial score (nSPS) is 17.1. The molecule has 1 aliphatic rings. The first-order chi connectivity index (χ1) is 10.8. The molecular formula is C16H19N3O3. The van der Waals surface area contributed by atoms with Crippen molar-refractivity contribution >= 4 is 5.91 Å². The number of rotatable bonds is 4. The average molecular weight is 301 g/mol. The number of pyridine rings is 1. The number of hydrogen-bond donors (Lipinski definition) is 1. The zero-order valence-corrected chi connectivity index (χ0v) is 12.5. The van der Waals surface area contributed by atoms with Crippen molar-refractivity contribution in [3.8, 4) is 0 Å². The van der Waals surface area contributed by atoms with E-state index in [4.69, 9.17) is 9.26 Å². The second-order valence-corrected chi connectivity index (χ2v) is 5.48. The first-order valence-electron chi connectivity index (χ1n) is 7.45. The van der Waals surface area contributed by atoms with Crippen molar-refractivity contribution in [3.63, 3.8) is 0 Å². The zero-order valence-electron chi connectivity index (χ0n) is 12.5. The van der Waals surface area contributed by atoms with E-state index in [1.807, 2.05) is 12.1 Å². The number of amides is 1. The van der Waals surface area contributed by atoms with Gasteiger partial charge in [0.15, 0.2) is 0 Å². The summed E-state index contributed by atoms with van der Waals surface area (Å²) in [6.07, 6.45) is 6.83. The summed E-state index contributed by atoms with van der Waals surface area (Å²) in [6, 6.07) is 3.80. The third-order valence-corrected chi connectivity index (χ3v) is 4.06. The van der Waals surface area contributed by atoms with Crippen LogP contribution in [0.1, 0.15) is 40.6 Å². The van der Waals surface area contributed by atoms with E-state index in [9.17, 15) is 4.79 Å². The zero-order chi connectivity index (χ0) is 15.4. The third kappa shape index (κ3) is 3.17. The van der Waals surface area contributed by atoms with Crippen LogP contribution >= 0.6 is 0 Å². The van der Waals surface area contributed by atoms with Crippen molar-refractivity contribution < 1.29 is 14.1 Å². The summed E-state index contributed by atoms with van der Waals surface area (Å²) in [4.78, 5) is 16.7. The quantitative estimate of drug-likeness (QED) is 0.937. The van der Waals surface area contributed by atoms with E-state index in [2.05, 4.69) is 15.5 Å². The monoisotopic (exact) mass is 301 g/mol. The Morgan fingerprint density at radius 2 is 2.18 bits per heavy atom. The Balaban J connectivity index is 1.82. The molecule has 2 aromatic heterocycles. The van der Waals surface area contributed by atoms with Gasteiger partial charge in [0.1, 0.15) is 11.3 Å². The van der Waals surface area contributed by atoms with E-state index in [0.29, 0.717) is 17.2 Å². The van der Waals surface area contributed by atoms with Crippen molar-refractivity contribution in [1.82, 2.24) is 15.5 Å². The van der Waals surface area contributed by atoms with Crippen LogP contribution in [0.5, 0.6) is 0 Å². The molecule has 1 aliphatic heterocycles. The number of ether oxygens (including phenoxy) is 1. The fourth-order valence-corrected chi connectivity index (χ4v) is 2.82. The first-order valence-corrected chi connectivity index (χ1v) is 7.45. The Morgan fingerprint density at radius 3 is 2.82 bits per heavy atom. The van der Waals surface area contributed by atoms with Gasteiger partial charge < -0.3 is 14.6 Å². The van der Waals surface area contributed by atoms with Crippen LogP contribution in [-0.4, -0.2) is 29.3 Å². The maximum atomic E-state index is 12.5. The fraction of sp³-hybridized carbons (Fsp3) is 0.438. The molecule has 0 spiro atoms. The van der Waals surface area contributed by atoms with Crippen LogP contribution in [0.3, 0.4) is 0 Å². The predicted molar refractivity (Wildman–Crippen MR) is 79.2 cm³/mol. The van der Waals surface area contributed by atoms with E-state index in [0.717, 1.165) is 31.6 Å². The lowest BCUT2D eigenvalue weighted by Crippen LogP contribution is -2.36. The molecule has 1 N–H and O–H groups in total. The van der Waals surface area contributed by atoms with Crippen molar-refractivity contribution in [2.75, 3.05) is 13.2 Å². The number of carbonyl (C=O) groups is 1. The van der Waals surface area contributed by atoms with Gasteiger partial charge in [0.05, 0.1) is 12.2 Å². The molecule has 116 valence electrons. The molecule has 1 fully saturated rings. The van der Waals surface area contributed by atoms with Crippen LogP contribution in [-0.2, 0) is 4.74 Å². The molecule has 0 saturated carbocycles. The summed E-state index contributed by atoms with van der Waals surface area (Å²) in [6.45, 7) is 3.18. The topological polar surface area (TPSA) is 77.3 Å². The Hall–Kier alpha value is -2.21. The van der Waals surface area contributed by atoms with Gasteiger partial charge >= 0.3 is 0 Å². The maximum Gasteiger partial charge on any atom is 0.257 e. The number of aryl methyl sites for hydroxylation is 1. The van der Waals surface area contributed by atoms with Crippen molar-refractivity contribution in [1.29, 1.82) is 0 Å². The summed E-state index contributed by atoms with van der Waals surface area (Å²) >= 11 is 0. The highest BCUT2D eigenvalue weighted by atomic mass is 16.5. The lowest BCUT2D eigenvalue weighted by atomic mass is 9.87. The van der Waals surface area contributed by atoms with Crippen molar-refractivity contribution in [3.05, 3.63) is 47.6 Å². The number of aromatic nitrogens is 2. The molecule has 0 aromatic carbocycles. The van der Waals surface area contributed by atoms with Gasteiger partial charge in [-0.15, -0.1) is 0 Å². The second kappa shape index (κ2) is 6.70. The van der Waals surface area contributed by atoms with Crippen LogP contribution in [0.15, 0.2) is 35.2 Å². The number of hydrogen-bond acceptors (Lipinski definition) is 5. The van der Waals surface area contributed by atoms with Crippen LogP contribution < -0.4 is 5.32 Å². The van der Waals surface area contributed by atoms with E-state index < -0.39 is 0 Å². The number of carbonyl (C=O) groups excluding carboxylic acids is 1. The molecule has 1 atom stereocenters. The standard InChI is InChI=1S/C16H19N3O3/c1-11-14(10-18-22-11)16(20)19-15(12-4-7-21-8-5-12)13-3-2-6-17-9-13/h2-3,6,9-10,12,15H,4-5,7-8H2,1H3,(H,19,20). The van der Waals surface area contributed by atoms with Crippen LogP contribution in [0.2, 0.25) is 0 Å². The predicted octanol–water partition coefficient (Wildman–Crippen LogP) is 2.28. The first kappa shape index (κ1) is 14.7. The fourth-order valence-electron chi connectivity index (χ4n) is 2.82. The molecule has 6 nitrogen and oxygen atoms in total. The lowest BCUT2D eigenvalue weighted by Gasteiger charge is -2.31. The van der Waals surface area contributed by atoms with Gasteiger partial charge in [-0.2, -0.15) is 0 Å². The molecular weight excluding hydrogens is 282 g/mol. The summed E-state index contributed by atoms with van der Waals surface area (Å²) < 4.78 is 10.4. The van der Waals surface area contributed by atoms with Gasteiger partial charge in [-0.05, 0) is 37.3 Å². The van der Waals surface area contributed by atoms with E-state index in [-0.39, 0.29) is 11.9 Å². The average Bonchev–Trinajstić information content (AvgIpc) is 3.00. The smallest absolute Gasteiger partial charge is 0.257 e. The molecule has 1 saturated heterocycles. The molecule has 0 aliphatic carbocycles. The van der Waals surface area contributed by atoms with Gasteiger partial charge in [0.25, 0.3) is 5.91 Å². The minimum absolute atomic E-state index is 0.0839. The van der Waals surface area contributed by atoms with Crippen molar-refractivity contribution in [2.45, 2.75) is 25.8 Å². The summed E-state index contributed by atoms with van der Waals surface area (Å²) in [7, 11) is 0. The summed E-state index contributed by atoms with van der Waals surface area (Å²) in [5.41, 5.74) is 1.48. The van der Waals surface area contributed by atoms with Gasteiger partial charge in [0.2, 0.25) is 0 Å². The minimum atomic E-state index is -0.168. The number of nitrogens with one attached hydrogen (secondary N) is 1. The molecule has 2 aromatic rings. The molecule has 6 heteroatoms. The van der Waals surface area contributed by atoms with E-state index >= 15 is 0 Å². The van der Waals surface area contributed by atoms with Gasteiger partial charge in [-0.1, -0.05) is 11.2 Å². The largest absolute Gasteiger partial charge is 0.381 e. The van der Waals surface area contributed by atoms with Crippen LogP contribution in [0.4, 0.5) is 0 Å². The highest BCUT2D eigenvalue weighted by Crippen LogP contribution is 2.30. The molecule has 0 bridgehead atoms. The Morgan fingerprint density at radius 1 is 1.36 bits per heavy atom. The Bertz CT molecular complexity index is 621. The molecule has 22 heavy (non-hydrogen) atoms. The van der Waals surface area contributed by atoms with Gasteiger partial charge in [0, 0.05) is 25.6 Å². The van der Waals surface area contributed by atoms with E-state index in [1.54, 1.807) is 19.3 Å². The highest BCUT2D eigenvalue weighted by Gasteiger charge is 2.28. The Kier molecular flexibility index (Phi) is 4.48.